The molecule has 1 rings (SSSR count). The van der Waals surface area contributed by atoms with Crippen LogP contribution in [-0.4, -0.2) is 23.1 Å². The number of hydrogen-bond acceptors (Lipinski definition) is 3. The van der Waals surface area contributed by atoms with Crippen molar-refractivity contribution in [1.82, 2.24) is 0 Å². The van der Waals surface area contributed by atoms with Crippen molar-refractivity contribution >= 4 is 18.0 Å². The zero-order valence-electron chi connectivity index (χ0n) is 11.6. The summed E-state index contributed by atoms with van der Waals surface area (Å²) in [6.07, 6.45) is 3.53. The van der Waals surface area contributed by atoms with Gasteiger partial charge in [-0.2, -0.15) is 0 Å². The Labute approximate surface area is 113 Å². The molecule has 0 spiro atoms. The van der Waals surface area contributed by atoms with Gasteiger partial charge in [-0.15, -0.1) is 0 Å². The highest BCUT2D eigenvalue weighted by molar-refractivity contribution is 5.87. The summed E-state index contributed by atoms with van der Waals surface area (Å²) >= 11 is 0. The van der Waals surface area contributed by atoms with Crippen LogP contribution in [-0.2, 0) is 14.4 Å². The van der Waals surface area contributed by atoms with Crippen molar-refractivity contribution in [2.45, 2.75) is 39.5 Å². The summed E-state index contributed by atoms with van der Waals surface area (Å²) in [5.41, 5.74) is 0.122. The molecule has 4 atom stereocenters. The first-order valence-electron chi connectivity index (χ1n) is 6.75. The topological polar surface area (TPSA) is 71.4 Å². The standard InChI is InChI=1S/C15H22O4/c1-9-4-6-13(11(3)15(18)19)14(8-16)12(9)7-5-10(2)17/h8-9,12-14H,3-7H2,1-2H3,(H,18,19)/t9?,12-,13-,14+/m1/s1. The van der Waals surface area contributed by atoms with Gasteiger partial charge in [-0.3, -0.25) is 0 Å². The number of carboxylic acid groups (broad SMARTS) is 1. The van der Waals surface area contributed by atoms with Crippen molar-refractivity contribution in [2.75, 3.05) is 0 Å². The molecule has 0 aliphatic heterocycles. The van der Waals surface area contributed by atoms with Crippen LogP contribution in [0.4, 0.5) is 0 Å². The highest BCUT2D eigenvalue weighted by Crippen LogP contribution is 2.42. The predicted octanol–water partition coefficient (Wildman–Crippen LogP) is 2.47. The minimum atomic E-state index is -1.03. The molecular weight excluding hydrogens is 244 g/mol. The molecule has 1 aliphatic rings. The van der Waals surface area contributed by atoms with Gasteiger partial charge in [-0.25, -0.2) is 4.79 Å². The normalized spacial score (nSPS) is 30.6. The number of aliphatic carboxylic acids is 1. The number of carboxylic acids is 1. The van der Waals surface area contributed by atoms with E-state index in [1.165, 1.54) is 6.92 Å². The number of Topliss-reactive ketones (excluding diaryl/α,β-unsaturated/α-hetero) is 1. The van der Waals surface area contributed by atoms with Gasteiger partial charge in [-0.1, -0.05) is 13.5 Å². The lowest BCUT2D eigenvalue weighted by molar-refractivity contribution is -0.134. The Balaban J connectivity index is 2.87. The third-order valence-corrected chi connectivity index (χ3v) is 4.33. The van der Waals surface area contributed by atoms with Gasteiger partial charge in [-0.05, 0) is 38.0 Å². The van der Waals surface area contributed by atoms with Crippen LogP contribution < -0.4 is 0 Å². The van der Waals surface area contributed by atoms with Gasteiger partial charge in [0.05, 0.1) is 0 Å². The van der Waals surface area contributed by atoms with E-state index in [1.807, 2.05) is 0 Å². The van der Waals surface area contributed by atoms with Crippen LogP contribution in [0.2, 0.25) is 0 Å². The molecule has 0 bridgehead atoms. The Hall–Kier alpha value is -1.45. The predicted molar refractivity (Wildman–Crippen MR) is 71.6 cm³/mol. The first kappa shape index (κ1) is 15.6. The highest BCUT2D eigenvalue weighted by atomic mass is 16.4. The Morgan fingerprint density at radius 3 is 2.47 bits per heavy atom. The zero-order valence-corrected chi connectivity index (χ0v) is 11.6. The third kappa shape index (κ3) is 3.75. The van der Waals surface area contributed by atoms with Crippen LogP contribution in [0.5, 0.6) is 0 Å². The van der Waals surface area contributed by atoms with E-state index in [1.54, 1.807) is 0 Å². The summed E-state index contributed by atoms with van der Waals surface area (Å²) in [5.74, 6) is -1.12. The van der Waals surface area contributed by atoms with Gasteiger partial charge in [0.2, 0.25) is 0 Å². The van der Waals surface area contributed by atoms with Gasteiger partial charge in [0.25, 0.3) is 0 Å². The Morgan fingerprint density at radius 2 is 2.00 bits per heavy atom. The van der Waals surface area contributed by atoms with Crippen LogP contribution in [0.1, 0.15) is 39.5 Å². The van der Waals surface area contributed by atoms with Crippen molar-refractivity contribution in [2.24, 2.45) is 23.7 Å². The van der Waals surface area contributed by atoms with Gasteiger partial charge in [0.15, 0.2) is 0 Å². The fraction of sp³-hybridized carbons (Fsp3) is 0.667. The molecule has 1 N–H and O–H groups in total. The summed E-state index contributed by atoms with van der Waals surface area (Å²) in [6, 6.07) is 0. The molecule has 0 aromatic heterocycles. The molecule has 19 heavy (non-hydrogen) atoms. The smallest absolute Gasteiger partial charge is 0.331 e. The molecule has 4 nitrogen and oxygen atoms in total. The maximum atomic E-state index is 11.4. The Morgan fingerprint density at radius 1 is 1.37 bits per heavy atom. The molecule has 1 aliphatic carbocycles. The highest BCUT2D eigenvalue weighted by Gasteiger charge is 2.39. The monoisotopic (exact) mass is 266 g/mol. The van der Waals surface area contributed by atoms with Crippen molar-refractivity contribution in [3.63, 3.8) is 0 Å². The van der Waals surface area contributed by atoms with E-state index < -0.39 is 5.97 Å². The average molecular weight is 266 g/mol. The van der Waals surface area contributed by atoms with Crippen LogP contribution in [0.25, 0.3) is 0 Å². The molecular formula is C15H22O4. The second-order valence-electron chi connectivity index (χ2n) is 5.61. The minimum Gasteiger partial charge on any atom is -0.478 e. The van der Waals surface area contributed by atoms with Gasteiger partial charge >= 0.3 is 5.97 Å². The summed E-state index contributed by atoms with van der Waals surface area (Å²) in [6.45, 7) is 7.21. The van der Waals surface area contributed by atoms with Gasteiger partial charge in [0.1, 0.15) is 12.1 Å². The van der Waals surface area contributed by atoms with Crippen LogP contribution in [0.3, 0.4) is 0 Å². The van der Waals surface area contributed by atoms with Crippen molar-refractivity contribution in [1.29, 1.82) is 0 Å². The molecule has 0 radical (unpaired) electrons. The van der Waals surface area contributed by atoms with Crippen molar-refractivity contribution in [3.05, 3.63) is 12.2 Å². The van der Waals surface area contributed by atoms with Gasteiger partial charge < -0.3 is 14.7 Å². The molecule has 1 unspecified atom stereocenters. The van der Waals surface area contributed by atoms with Crippen LogP contribution in [0, 0.1) is 23.7 Å². The largest absolute Gasteiger partial charge is 0.478 e. The Kier molecular flexibility index (Phi) is 5.45. The van der Waals surface area contributed by atoms with Crippen LogP contribution >= 0.6 is 0 Å². The Bertz CT molecular complexity index is 386. The third-order valence-electron chi connectivity index (χ3n) is 4.33. The van der Waals surface area contributed by atoms with E-state index in [-0.39, 0.29) is 29.1 Å². The number of carbonyl (C=O) groups excluding carboxylic acids is 2. The van der Waals surface area contributed by atoms with E-state index >= 15 is 0 Å². The van der Waals surface area contributed by atoms with E-state index in [2.05, 4.69) is 13.5 Å². The van der Waals surface area contributed by atoms with E-state index in [0.717, 1.165) is 12.7 Å². The quantitative estimate of drug-likeness (QED) is 0.592. The molecule has 1 fully saturated rings. The fourth-order valence-electron chi connectivity index (χ4n) is 3.13. The second kappa shape index (κ2) is 6.64. The minimum absolute atomic E-state index is 0.0799. The summed E-state index contributed by atoms with van der Waals surface area (Å²) in [4.78, 5) is 33.5. The first-order chi connectivity index (χ1) is 8.88. The zero-order chi connectivity index (χ0) is 14.6. The lowest BCUT2D eigenvalue weighted by Crippen LogP contribution is -2.37. The fourth-order valence-corrected chi connectivity index (χ4v) is 3.13. The number of carbonyl (C=O) groups is 3. The van der Waals surface area contributed by atoms with Crippen molar-refractivity contribution in [3.8, 4) is 0 Å². The summed E-state index contributed by atoms with van der Waals surface area (Å²) in [7, 11) is 0. The summed E-state index contributed by atoms with van der Waals surface area (Å²) in [5, 5.41) is 9.05. The first-order valence-corrected chi connectivity index (χ1v) is 6.75. The lowest BCUT2D eigenvalue weighted by atomic mass is 9.64. The molecule has 0 amide bonds. The number of hydrogen-bond donors (Lipinski definition) is 1. The molecule has 1 saturated carbocycles. The summed E-state index contributed by atoms with van der Waals surface area (Å²) < 4.78 is 0. The molecule has 0 aromatic rings. The molecule has 0 heterocycles. The van der Waals surface area contributed by atoms with Crippen molar-refractivity contribution < 1.29 is 19.5 Å². The van der Waals surface area contributed by atoms with E-state index in [9.17, 15) is 14.4 Å². The molecule has 4 heteroatoms. The average Bonchev–Trinajstić information content (AvgIpc) is 2.35. The van der Waals surface area contributed by atoms with Gasteiger partial charge in [0, 0.05) is 23.8 Å². The maximum Gasteiger partial charge on any atom is 0.331 e. The van der Waals surface area contributed by atoms with E-state index in [4.69, 9.17) is 5.11 Å². The maximum absolute atomic E-state index is 11.4. The molecule has 106 valence electrons. The molecule has 0 aromatic carbocycles. The number of aldehydes is 1. The second-order valence-corrected chi connectivity index (χ2v) is 5.61. The lowest BCUT2D eigenvalue weighted by Gasteiger charge is -2.39. The number of ketones is 1. The van der Waals surface area contributed by atoms with Crippen LogP contribution in [0.15, 0.2) is 12.2 Å². The number of rotatable bonds is 6. The van der Waals surface area contributed by atoms with E-state index in [0.29, 0.717) is 25.2 Å². The molecule has 0 saturated heterocycles. The SMILES string of the molecule is C=C(C(=O)O)[C@H]1CCC(C)[C@@H](CCC(C)=O)[C@@H]1C=O.